The summed E-state index contributed by atoms with van der Waals surface area (Å²) in [5, 5.41) is 13.7. The van der Waals surface area contributed by atoms with Crippen molar-refractivity contribution in [1.82, 2.24) is 4.90 Å². The fourth-order valence-corrected chi connectivity index (χ4v) is 3.63. The number of hydrogen-bond donors (Lipinski definition) is 1. The van der Waals surface area contributed by atoms with E-state index in [1.807, 2.05) is 6.07 Å². The van der Waals surface area contributed by atoms with Gasteiger partial charge in [-0.3, -0.25) is 19.7 Å². The number of carbonyl (C=O) groups is 2. The molecule has 2 aromatic carbocycles. The Morgan fingerprint density at radius 1 is 1.00 bits per heavy atom. The maximum absolute atomic E-state index is 12.6. The summed E-state index contributed by atoms with van der Waals surface area (Å²) in [6.45, 7) is 2.51. The number of benzene rings is 2. The van der Waals surface area contributed by atoms with Crippen molar-refractivity contribution in [2.75, 3.05) is 36.4 Å². The van der Waals surface area contributed by atoms with E-state index >= 15 is 0 Å². The van der Waals surface area contributed by atoms with Crippen LogP contribution in [0, 0.1) is 10.1 Å². The van der Waals surface area contributed by atoms with E-state index < -0.39 is 4.92 Å². The lowest BCUT2D eigenvalue weighted by molar-refractivity contribution is -0.384. The second-order valence-electron chi connectivity index (χ2n) is 6.97. The Morgan fingerprint density at radius 2 is 1.71 bits per heavy atom. The number of hydrogen-bond acceptors (Lipinski definition) is 5. The predicted molar refractivity (Wildman–Crippen MR) is 105 cm³/mol. The van der Waals surface area contributed by atoms with Gasteiger partial charge in [0.2, 0.25) is 5.91 Å². The molecule has 0 bridgehead atoms. The fraction of sp³-hybridized carbons (Fsp3) is 0.300. The molecule has 1 fully saturated rings. The summed E-state index contributed by atoms with van der Waals surface area (Å²) in [6.07, 6.45) is 1.29. The molecule has 2 amide bonds. The molecule has 0 spiro atoms. The molecule has 144 valence electrons. The molecule has 0 unspecified atom stereocenters. The molecule has 0 saturated carbocycles. The fourth-order valence-electron chi connectivity index (χ4n) is 3.63. The van der Waals surface area contributed by atoms with Crippen LogP contribution in [-0.4, -0.2) is 47.8 Å². The number of anilines is 2. The van der Waals surface area contributed by atoms with Crippen LogP contribution in [0.25, 0.3) is 0 Å². The van der Waals surface area contributed by atoms with Crippen molar-refractivity contribution in [3.05, 3.63) is 63.7 Å². The van der Waals surface area contributed by atoms with Crippen molar-refractivity contribution in [1.29, 1.82) is 0 Å². The molecule has 0 aromatic heterocycles. The topological polar surface area (TPSA) is 95.8 Å². The number of aryl methyl sites for hydroxylation is 1. The van der Waals surface area contributed by atoms with Crippen LogP contribution >= 0.6 is 0 Å². The lowest BCUT2D eigenvalue weighted by atomic mass is 10.0. The summed E-state index contributed by atoms with van der Waals surface area (Å²) in [5.74, 6) is -0.0737. The summed E-state index contributed by atoms with van der Waals surface area (Å²) < 4.78 is 0. The minimum absolute atomic E-state index is 0.0270. The third-order valence-corrected chi connectivity index (χ3v) is 5.25. The van der Waals surface area contributed by atoms with E-state index in [1.54, 1.807) is 4.90 Å². The van der Waals surface area contributed by atoms with Crippen LogP contribution < -0.4 is 10.2 Å². The summed E-state index contributed by atoms with van der Waals surface area (Å²) in [4.78, 5) is 38.5. The number of nitrogens with zero attached hydrogens (tertiary/aromatic N) is 3. The zero-order valence-corrected chi connectivity index (χ0v) is 15.3. The second kappa shape index (κ2) is 7.30. The van der Waals surface area contributed by atoms with Crippen molar-refractivity contribution < 1.29 is 14.5 Å². The molecule has 0 atom stereocenters. The Hall–Kier alpha value is -3.42. The molecular formula is C20H20N4O4. The Morgan fingerprint density at radius 3 is 2.39 bits per heavy atom. The highest BCUT2D eigenvalue weighted by atomic mass is 16.6. The molecule has 8 heteroatoms. The molecule has 0 radical (unpaired) electrons. The number of fused-ring (bicyclic) bond motifs is 1. The highest BCUT2D eigenvalue weighted by Gasteiger charge is 2.24. The molecule has 8 nitrogen and oxygen atoms in total. The van der Waals surface area contributed by atoms with E-state index in [2.05, 4.69) is 22.3 Å². The van der Waals surface area contributed by atoms with Crippen molar-refractivity contribution >= 4 is 28.9 Å². The first-order valence-corrected chi connectivity index (χ1v) is 9.23. The maximum Gasteiger partial charge on any atom is 0.269 e. The van der Waals surface area contributed by atoms with E-state index in [0.29, 0.717) is 38.2 Å². The van der Waals surface area contributed by atoms with Gasteiger partial charge in [-0.25, -0.2) is 0 Å². The van der Waals surface area contributed by atoms with Gasteiger partial charge in [0.15, 0.2) is 0 Å². The maximum atomic E-state index is 12.6. The van der Waals surface area contributed by atoms with Gasteiger partial charge < -0.3 is 15.1 Å². The Balaban J connectivity index is 1.40. The second-order valence-corrected chi connectivity index (χ2v) is 6.97. The molecule has 0 aliphatic carbocycles. The lowest BCUT2D eigenvalue weighted by Crippen LogP contribution is -2.48. The van der Waals surface area contributed by atoms with Gasteiger partial charge in [0.05, 0.1) is 4.92 Å². The normalized spacial score (nSPS) is 16.4. The molecule has 1 saturated heterocycles. The number of carbonyl (C=O) groups excluding carboxylic acids is 2. The van der Waals surface area contributed by atoms with Crippen LogP contribution in [0.5, 0.6) is 0 Å². The van der Waals surface area contributed by atoms with E-state index in [4.69, 9.17) is 0 Å². The smallest absolute Gasteiger partial charge is 0.269 e. The van der Waals surface area contributed by atoms with Crippen LogP contribution in [0.1, 0.15) is 22.3 Å². The molecule has 1 N–H and O–H groups in total. The quantitative estimate of drug-likeness (QED) is 0.652. The molecule has 4 rings (SSSR count). The standard InChI is InChI=1S/C20H20N4O4/c25-19-8-4-14-1-7-17(13-18(14)21-19)22-9-11-23(12-10-22)20(26)15-2-5-16(6-3-15)24(27)28/h1-3,5-7,13H,4,8-12H2,(H,21,25). The number of piperazine rings is 1. The summed E-state index contributed by atoms with van der Waals surface area (Å²) in [7, 11) is 0. The van der Waals surface area contributed by atoms with Crippen LogP contribution in [0.15, 0.2) is 42.5 Å². The molecule has 28 heavy (non-hydrogen) atoms. The average molecular weight is 380 g/mol. The van der Waals surface area contributed by atoms with Gasteiger partial charge in [-0.05, 0) is 36.2 Å². The average Bonchev–Trinajstić information content (AvgIpc) is 2.73. The summed E-state index contributed by atoms with van der Waals surface area (Å²) in [6, 6.07) is 11.8. The summed E-state index contributed by atoms with van der Waals surface area (Å²) >= 11 is 0. The molecule has 2 heterocycles. The zero-order chi connectivity index (χ0) is 19.7. The van der Waals surface area contributed by atoms with Gasteiger partial charge in [0, 0.05) is 61.7 Å². The number of non-ortho nitro benzene ring substituents is 1. The van der Waals surface area contributed by atoms with Crippen molar-refractivity contribution in [3.8, 4) is 0 Å². The SMILES string of the molecule is O=C1CCc2ccc(N3CCN(C(=O)c4ccc([N+](=O)[O-])cc4)CC3)cc2N1. The molecule has 2 aromatic rings. The number of nitro benzene ring substituents is 1. The number of amides is 2. The minimum atomic E-state index is -0.478. The van der Waals surface area contributed by atoms with E-state index in [0.717, 1.165) is 23.4 Å². The van der Waals surface area contributed by atoms with Crippen molar-refractivity contribution in [2.45, 2.75) is 12.8 Å². The van der Waals surface area contributed by atoms with Gasteiger partial charge >= 0.3 is 0 Å². The predicted octanol–water partition coefficient (Wildman–Crippen LogP) is 2.44. The van der Waals surface area contributed by atoms with Crippen molar-refractivity contribution in [2.24, 2.45) is 0 Å². The number of nitro groups is 1. The van der Waals surface area contributed by atoms with E-state index in [9.17, 15) is 19.7 Å². The third-order valence-electron chi connectivity index (χ3n) is 5.25. The highest BCUT2D eigenvalue weighted by molar-refractivity contribution is 5.95. The van der Waals surface area contributed by atoms with Gasteiger partial charge in [0.1, 0.15) is 0 Å². The Kier molecular flexibility index (Phi) is 4.68. The van der Waals surface area contributed by atoms with Crippen LogP contribution in [0.4, 0.5) is 17.1 Å². The lowest BCUT2D eigenvalue weighted by Gasteiger charge is -2.36. The van der Waals surface area contributed by atoms with Crippen LogP contribution in [-0.2, 0) is 11.2 Å². The molecule has 2 aliphatic heterocycles. The number of nitrogens with one attached hydrogen (secondary N) is 1. The molecular weight excluding hydrogens is 360 g/mol. The first-order chi connectivity index (χ1) is 13.5. The Labute approximate surface area is 161 Å². The number of rotatable bonds is 3. The Bertz CT molecular complexity index is 934. The van der Waals surface area contributed by atoms with Gasteiger partial charge in [-0.15, -0.1) is 0 Å². The zero-order valence-electron chi connectivity index (χ0n) is 15.3. The van der Waals surface area contributed by atoms with E-state index in [1.165, 1.54) is 24.3 Å². The minimum Gasteiger partial charge on any atom is -0.368 e. The van der Waals surface area contributed by atoms with Gasteiger partial charge in [-0.2, -0.15) is 0 Å². The van der Waals surface area contributed by atoms with Gasteiger partial charge in [-0.1, -0.05) is 6.07 Å². The van der Waals surface area contributed by atoms with Crippen molar-refractivity contribution in [3.63, 3.8) is 0 Å². The first-order valence-electron chi connectivity index (χ1n) is 9.23. The monoisotopic (exact) mass is 380 g/mol. The van der Waals surface area contributed by atoms with Crippen LogP contribution in [0.2, 0.25) is 0 Å². The van der Waals surface area contributed by atoms with Crippen LogP contribution in [0.3, 0.4) is 0 Å². The molecule has 2 aliphatic rings. The van der Waals surface area contributed by atoms with E-state index in [-0.39, 0.29) is 17.5 Å². The first kappa shape index (κ1) is 18.0. The highest BCUT2D eigenvalue weighted by Crippen LogP contribution is 2.28. The van der Waals surface area contributed by atoms with Gasteiger partial charge in [0.25, 0.3) is 11.6 Å². The largest absolute Gasteiger partial charge is 0.368 e. The third kappa shape index (κ3) is 3.53. The summed E-state index contributed by atoms with van der Waals surface area (Å²) in [5.41, 5.74) is 3.48.